The van der Waals surface area contributed by atoms with Gasteiger partial charge < -0.3 is 10.6 Å². The summed E-state index contributed by atoms with van der Waals surface area (Å²) in [6, 6.07) is 10.1. The van der Waals surface area contributed by atoms with Crippen LogP contribution < -0.4 is 21.5 Å². The second-order valence-corrected chi connectivity index (χ2v) is 4.66. The molecular weight excluding hydrogens is 240 g/mol. The molecule has 0 aliphatic carbocycles. The monoisotopic (exact) mass is 262 g/mol. The average molecular weight is 262 g/mol. The van der Waals surface area contributed by atoms with Crippen molar-refractivity contribution in [2.75, 3.05) is 26.2 Å². The van der Waals surface area contributed by atoms with Gasteiger partial charge in [0.2, 0.25) is 5.91 Å². The van der Waals surface area contributed by atoms with Crippen LogP contribution in [0.5, 0.6) is 0 Å². The van der Waals surface area contributed by atoms with Crippen LogP contribution in [0.4, 0.5) is 0 Å². The molecule has 0 saturated carbocycles. The molecular formula is C14H22N4O. The number of likely N-dealkylation sites (N-methyl/N-ethyl adjacent to an activating group) is 1. The van der Waals surface area contributed by atoms with Crippen molar-refractivity contribution in [3.8, 4) is 0 Å². The summed E-state index contributed by atoms with van der Waals surface area (Å²) in [4.78, 5) is 12.2. The summed E-state index contributed by atoms with van der Waals surface area (Å²) in [5.41, 5.74) is 7.39. The van der Waals surface area contributed by atoms with Crippen molar-refractivity contribution in [1.29, 1.82) is 0 Å². The summed E-state index contributed by atoms with van der Waals surface area (Å²) in [6.07, 6.45) is 0. The summed E-state index contributed by atoms with van der Waals surface area (Å²) in [7, 11) is 0. The molecule has 5 nitrogen and oxygen atoms in total. The molecule has 1 aromatic carbocycles. The summed E-state index contributed by atoms with van der Waals surface area (Å²) in [5, 5.41) is 6.17. The highest BCUT2D eigenvalue weighted by atomic mass is 16.2. The summed E-state index contributed by atoms with van der Waals surface area (Å²) in [5.74, 6) is 0.0354. The first-order valence-corrected chi connectivity index (χ1v) is 6.84. The predicted molar refractivity (Wildman–Crippen MR) is 75.4 cm³/mol. The van der Waals surface area contributed by atoms with Crippen LogP contribution in [-0.4, -0.2) is 32.1 Å². The number of hydrazine groups is 1. The molecule has 2 unspecified atom stereocenters. The minimum atomic E-state index is -0.0657. The van der Waals surface area contributed by atoms with E-state index in [9.17, 15) is 4.79 Å². The topological polar surface area (TPSA) is 65.2 Å². The van der Waals surface area contributed by atoms with Crippen LogP contribution in [-0.2, 0) is 4.79 Å². The third-order valence-electron chi connectivity index (χ3n) is 3.33. The Morgan fingerprint density at radius 1 is 1.32 bits per heavy atom. The first kappa shape index (κ1) is 14.0. The third kappa shape index (κ3) is 3.76. The molecule has 0 bridgehead atoms. The second kappa shape index (κ2) is 7.23. The Morgan fingerprint density at radius 3 is 2.84 bits per heavy atom. The number of carbonyl (C=O) groups excluding carboxylic acids is 1. The molecule has 1 aliphatic heterocycles. The van der Waals surface area contributed by atoms with Gasteiger partial charge >= 0.3 is 0 Å². The molecule has 1 heterocycles. The van der Waals surface area contributed by atoms with E-state index in [-0.39, 0.29) is 17.9 Å². The molecule has 2 atom stereocenters. The highest BCUT2D eigenvalue weighted by molar-refractivity contribution is 5.80. The highest BCUT2D eigenvalue weighted by Crippen LogP contribution is 2.24. The number of nitrogens with one attached hydrogen (secondary N) is 4. The lowest BCUT2D eigenvalue weighted by Crippen LogP contribution is -2.38. The van der Waals surface area contributed by atoms with E-state index in [1.165, 1.54) is 0 Å². The van der Waals surface area contributed by atoms with Crippen molar-refractivity contribution < 1.29 is 4.79 Å². The van der Waals surface area contributed by atoms with E-state index < -0.39 is 0 Å². The van der Waals surface area contributed by atoms with Crippen molar-refractivity contribution >= 4 is 5.91 Å². The minimum absolute atomic E-state index is 0.0420. The number of amides is 1. The lowest BCUT2D eigenvalue weighted by Gasteiger charge is -2.18. The fourth-order valence-electron chi connectivity index (χ4n) is 2.30. The fraction of sp³-hybridized carbons (Fsp3) is 0.500. The van der Waals surface area contributed by atoms with Gasteiger partial charge in [-0.05, 0) is 12.1 Å². The van der Waals surface area contributed by atoms with Crippen molar-refractivity contribution in [3.63, 3.8) is 0 Å². The standard InChI is InChI=1S/C14H22N4O/c1-2-15-8-9-16-14(19)12-10-17-18-13(12)11-6-4-3-5-7-11/h3-7,12-13,15,17-18H,2,8-10H2,1H3,(H,16,19). The highest BCUT2D eigenvalue weighted by Gasteiger charge is 2.33. The molecule has 0 radical (unpaired) electrons. The predicted octanol–water partition coefficient (Wildman–Crippen LogP) is 0.177. The first-order chi connectivity index (χ1) is 9.33. The van der Waals surface area contributed by atoms with E-state index >= 15 is 0 Å². The van der Waals surface area contributed by atoms with Crippen molar-refractivity contribution in [2.45, 2.75) is 13.0 Å². The zero-order chi connectivity index (χ0) is 13.5. The maximum absolute atomic E-state index is 12.2. The molecule has 4 N–H and O–H groups in total. The molecule has 104 valence electrons. The molecule has 1 saturated heterocycles. The third-order valence-corrected chi connectivity index (χ3v) is 3.33. The molecule has 0 spiro atoms. The molecule has 1 fully saturated rings. The maximum atomic E-state index is 12.2. The van der Waals surface area contributed by atoms with Gasteiger partial charge in [0.15, 0.2) is 0 Å². The van der Waals surface area contributed by atoms with E-state index in [0.717, 1.165) is 18.7 Å². The Hall–Kier alpha value is -1.43. The van der Waals surface area contributed by atoms with Crippen LogP contribution in [0, 0.1) is 5.92 Å². The number of hydrogen-bond donors (Lipinski definition) is 4. The molecule has 5 heteroatoms. The van der Waals surface area contributed by atoms with Crippen LogP contribution in [0.2, 0.25) is 0 Å². The number of hydrogen-bond acceptors (Lipinski definition) is 4. The molecule has 1 amide bonds. The lowest BCUT2D eigenvalue weighted by molar-refractivity contribution is -0.124. The van der Waals surface area contributed by atoms with Gasteiger partial charge in [-0.15, -0.1) is 0 Å². The van der Waals surface area contributed by atoms with Crippen LogP contribution in [0.3, 0.4) is 0 Å². The van der Waals surface area contributed by atoms with Gasteiger partial charge in [0.05, 0.1) is 12.0 Å². The number of carbonyl (C=O) groups is 1. The normalized spacial score (nSPS) is 22.4. The van der Waals surface area contributed by atoms with Gasteiger partial charge in [0.25, 0.3) is 0 Å². The molecule has 1 aromatic rings. The Balaban J connectivity index is 1.90. The first-order valence-electron chi connectivity index (χ1n) is 6.84. The van der Waals surface area contributed by atoms with Gasteiger partial charge in [-0.2, -0.15) is 0 Å². The SMILES string of the molecule is CCNCCNC(=O)C1CNNC1c1ccccc1. The number of benzene rings is 1. The Kier molecular flexibility index (Phi) is 5.32. The van der Waals surface area contributed by atoms with Crippen LogP contribution >= 0.6 is 0 Å². The molecule has 1 aliphatic rings. The second-order valence-electron chi connectivity index (χ2n) is 4.66. The Morgan fingerprint density at radius 2 is 2.11 bits per heavy atom. The van der Waals surface area contributed by atoms with Crippen molar-refractivity contribution in [1.82, 2.24) is 21.5 Å². The maximum Gasteiger partial charge on any atom is 0.226 e. The quantitative estimate of drug-likeness (QED) is 0.552. The summed E-state index contributed by atoms with van der Waals surface area (Å²) >= 11 is 0. The Bertz CT molecular complexity index is 396. The van der Waals surface area contributed by atoms with Gasteiger partial charge in [-0.1, -0.05) is 37.3 Å². The van der Waals surface area contributed by atoms with E-state index in [1.54, 1.807) is 0 Å². The summed E-state index contributed by atoms with van der Waals surface area (Å²) < 4.78 is 0. The Labute approximate surface area is 114 Å². The largest absolute Gasteiger partial charge is 0.354 e. The van der Waals surface area contributed by atoms with Gasteiger partial charge in [-0.25, -0.2) is 5.43 Å². The average Bonchev–Trinajstić information content (AvgIpc) is 2.94. The lowest BCUT2D eigenvalue weighted by atomic mass is 9.94. The van der Waals surface area contributed by atoms with Crippen LogP contribution in [0.1, 0.15) is 18.5 Å². The van der Waals surface area contributed by atoms with E-state index in [0.29, 0.717) is 13.1 Å². The van der Waals surface area contributed by atoms with E-state index in [1.807, 2.05) is 30.3 Å². The van der Waals surface area contributed by atoms with Crippen molar-refractivity contribution in [2.24, 2.45) is 5.92 Å². The molecule has 19 heavy (non-hydrogen) atoms. The number of rotatable bonds is 6. The minimum Gasteiger partial charge on any atom is -0.354 e. The fourth-order valence-corrected chi connectivity index (χ4v) is 2.30. The van der Waals surface area contributed by atoms with Gasteiger partial charge in [0, 0.05) is 19.6 Å². The van der Waals surface area contributed by atoms with Gasteiger partial charge in [0.1, 0.15) is 0 Å². The van der Waals surface area contributed by atoms with Crippen molar-refractivity contribution in [3.05, 3.63) is 35.9 Å². The smallest absolute Gasteiger partial charge is 0.226 e. The zero-order valence-corrected chi connectivity index (χ0v) is 11.3. The molecule has 0 aromatic heterocycles. The zero-order valence-electron chi connectivity index (χ0n) is 11.3. The van der Waals surface area contributed by atoms with Gasteiger partial charge in [-0.3, -0.25) is 10.2 Å². The van der Waals surface area contributed by atoms with Crippen LogP contribution in [0.25, 0.3) is 0 Å². The molecule has 2 rings (SSSR count). The summed E-state index contributed by atoms with van der Waals surface area (Å²) in [6.45, 7) is 5.12. The van der Waals surface area contributed by atoms with E-state index in [4.69, 9.17) is 0 Å². The van der Waals surface area contributed by atoms with Crippen LogP contribution in [0.15, 0.2) is 30.3 Å². The van der Waals surface area contributed by atoms with E-state index in [2.05, 4.69) is 28.4 Å².